The van der Waals surface area contributed by atoms with Crippen LogP contribution in [0.15, 0.2) is 18.7 Å². The second kappa shape index (κ2) is 8.19. The van der Waals surface area contributed by atoms with Crippen molar-refractivity contribution in [3.8, 4) is 23.2 Å². The Morgan fingerprint density at radius 2 is 2.11 bits per heavy atom. The van der Waals surface area contributed by atoms with Crippen LogP contribution in [0.1, 0.15) is 44.7 Å². The van der Waals surface area contributed by atoms with Crippen LogP contribution >= 0.6 is 11.6 Å². The maximum Gasteiger partial charge on any atom is 0.208 e. The lowest BCUT2D eigenvalue weighted by Gasteiger charge is -2.18. The minimum Gasteiger partial charge on any atom is -0.388 e. The molecule has 144 valence electrons. The van der Waals surface area contributed by atoms with Gasteiger partial charge in [0.25, 0.3) is 0 Å². The first-order valence-electron chi connectivity index (χ1n) is 9.18. The highest BCUT2D eigenvalue weighted by Crippen LogP contribution is 2.34. The van der Waals surface area contributed by atoms with Crippen LogP contribution < -0.4 is 0 Å². The van der Waals surface area contributed by atoms with Crippen molar-refractivity contribution in [1.29, 1.82) is 0 Å². The van der Waals surface area contributed by atoms with Gasteiger partial charge in [0.1, 0.15) is 23.8 Å². The molecule has 1 aliphatic heterocycles. The largest absolute Gasteiger partial charge is 0.388 e. The minimum atomic E-state index is -0.686. The first-order chi connectivity index (χ1) is 13.7. The zero-order chi connectivity index (χ0) is 19.5. The zero-order valence-corrected chi connectivity index (χ0v) is 16.1. The van der Waals surface area contributed by atoms with Crippen LogP contribution in [0.5, 0.6) is 0 Å². The summed E-state index contributed by atoms with van der Waals surface area (Å²) in [5.41, 5.74) is 1.54. The maximum absolute atomic E-state index is 10.4. The van der Waals surface area contributed by atoms with Gasteiger partial charge in [-0.1, -0.05) is 30.9 Å². The van der Waals surface area contributed by atoms with E-state index in [1.54, 1.807) is 17.0 Å². The van der Waals surface area contributed by atoms with Crippen LogP contribution in [-0.2, 0) is 4.74 Å². The van der Waals surface area contributed by atoms with E-state index in [4.69, 9.17) is 16.3 Å². The van der Waals surface area contributed by atoms with Crippen molar-refractivity contribution in [2.45, 2.75) is 44.9 Å². The monoisotopic (exact) mass is 398 g/mol. The van der Waals surface area contributed by atoms with Crippen LogP contribution in [0.3, 0.4) is 0 Å². The molecule has 0 amide bonds. The highest BCUT2D eigenvalue weighted by Gasteiger charge is 2.33. The SMILES string of the molecule is CCCCC#Cc1nc(Cl)c2nc(-c3cncnc3)n([C@@H]3OCC[C@H]3O)c2n1. The highest BCUT2D eigenvalue weighted by molar-refractivity contribution is 6.33. The first kappa shape index (κ1) is 18.7. The van der Waals surface area contributed by atoms with E-state index in [0.717, 1.165) is 19.3 Å². The molecule has 0 aromatic carbocycles. The van der Waals surface area contributed by atoms with Gasteiger partial charge in [-0.2, -0.15) is 0 Å². The Morgan fingerprint density at radius 1 is 1.29 bits per heavy atom. The average molecular weight is 399 g/mol. The molecule has 0 bridgehead atoms. The summed E-state index contributed by atoms with van der Waals surface area (Å²) in [6, 6.07) is 0. The van der Waals surface area contributed by atoms with Crippen molar-refractivity contribution in [3.63, 3.8) is 0 Å². The number of ether oxygens (including phenoxy) is 1. The molecule has 8 nitrogen and oxygen atoms in total. The lowest BCUT2D eigenvalue weighted by Crippen LogP contribution is -2.21. The van der Waals surface area contributed by atoms with Crippen molar-refractivity contribution in [1.82, 2.24) is 29.5 Å². The number of aromatic nitrogens is 6. The van der Waals surface area contributed by atoms with E-state index in [-0.39, 0.29) is 5.15 Å². The van der Waals surface area contributed by atoms with Gasteiger partial charge in [-0.25, -0.2) is 24.9 Å². The number of rotatable bonds is 4. The van der Waals surface area contributed by atoms with Crippen LogP contribution in [0.25, 0.3) is 22.6 Å². The molecular weight excluding hydrogens is 380 g/mol. The lowest BCUT2D eigenvalue weighted by molar-refractivity contribution is -0.00517. The molecule has 4 heterocycles. The zero-order valence-electron chi connectivity index (χ0n) is 15.3. The molecule has 0 aliphatic carbocycles. The van der Waals surface area contributed by atoms with E-state index in [0.29, 0.717) is 41.4 Å². The summed E-state index contributed by atoms with van der Waals surface area (Å²) < 4.78 is 7.50. The Bertz CT molecular complexity index is 1040. The minimum absolute atomic E-state index is 0.203. The van der Waals surface area contributed by atoms with Gasteiger partial charge in [0.05, 0.1) is 12.2 Å². The van der Waals surface area contributed by atoms with Gasteiger partial charge in [-0.05, 0) is 12.3 Å². The summed E-state index contributed by atoms with van der Waals surface area (Å²) in [6.07, 6.45) is 6.78. The normalized spacial score (nSPS) is 19.0. The molecule has 1 N–H and O–H groups in total. The summed E-state index contributed by atoms with van der Waals surface area (Å²) in [6.45, 7) is 2.56. The third kappa shape index (κ3) is 3.56. The molecule has 4 rings (SSSR count). The van der Waals surface area contributed by atoms with Gasteiger partial charge in [0.15, 0.2) is 17.0 Å². The molecule has 0 spiro atoms. The highest BCUT2D eigenvalue weighted by atomic mass is 35.5. The van der Waals surface area contributed by atoms with E-state index in [9.17, 15) is 5.11 Å². The Hall–Kier alpha value is -2.60. The van der Waals surface area contributed by atoms with Gasteiger partial charge in [0, 0.05) is 25.2 Å². The Balaban J connectivity index is 1.89. The van der Waals surface area contributed by atoms with Crippen molar-refractivity contribution >= 4 is 22.8 Å². The third-order valence-electron chi connectivity index (χ3n) is 4.46. The Kier molecular flexibility index (Phi) is 5.48. The first-order valence-corrected chi connectivity index (χ1v) is 9.56. The molecule has 28 heavy (non-hydrogen) atoms. The topological polar surface area (TPSA) is 98.8 Å². The van der Waals surface area contributed by atoms with E-state index in [1.807, 2.05) is 0 Å². The Morgan fingerprint density at radius 3 is 2.82 bits per heavy atom. The number of nitrogens with zero attached hydrogens (tertiary/aromatic N) is 6. The van der Waals surface area contributed by atoms with Gasteiger partial charge < -0.3 is 9.84 Å². The summed E-state index contributed by atoms with van der Waals surface area (Å²) in [7, 11) is 0. The van der Waals surface area contributed by atoms with E-state index in [2.05, 4.69) is 43.7 Å². The van der Waals surface area contributed by atoms with Crippen molar-refractivity contribution in [3.05, 3.63) is 29.7 Å². The number of hydrogen-bond donors (Lipinski definition) is 1. The molecule has 3 aromatic heterocycles. The fraction of sp³-hybridized carbons (Fsp3) is 0.421. The summed E-state index contributed by atoms with van der Waals surface area (Å²) in [4.78, 5) is 21.5. The predicted molar refractivity (Wildman–Crippen MR) is 103 cm³/mol. The number of aliphatic hydroxyl groups excluding tert-OH is 1. The molecule has 1 saturated heterocycles. The van der Waals surface area contributed by atoms with Crippen LogP contribution in [0.4, 0.5) is 0 Å². The summed E-state index contributed by atoms with van der Waals surface area (Å²) in [5.74, 6) is 6.86. The van der Waals surface area contributed by atoms with Crippen molar-refractivity contribution < 1.29 is 9.84 Å². The second-order valence-corrected chi connectivity index (χ2v) is 6.82. The number of halogens is 1. The third-order valence-corrected chi connectivity index (χ3v) is 4.72. The standard InChI is InChI=1S/C19H19ClN6O2/c1-2-3-4-5-6-14-23-16(20)15-18(24-14)26(19-13(27)7-8-28-19)17(25-15)12-9-21-11-22-10-12/h9-11,13,19,27H,2-4,7-8H2,1H3/t13-,19-/m1/s1. The number of unbranched alkanes of at least 4 members (excludes halogenated alkanes) is 2. The molecule has 0 radical (unpaired) electrons. The van der Waals surface area contributed by atoms with Gasteiger partial charge >= 0.3 is 0 Å². The summed E-state index contributed by atoms with van der Waals surface area (Å²) in [5, 5.41) is 10.6. The van der Waals surface area contributed by atoms with E-state index < -0.39 is 12.3 Å². The van der Waals surface area contributed by atoms with Gasteiger partial charge in [-0.15, -0.1) is 0 Å². The maximum atomic E-state index is 10.4. The molecule has 0 unspecified atom stereocenters. The molecule has 1 fully saturated rings. The van der Waals surface area contributed by atoms with Crippen molar-refractivity contribution in [2.75, 3.05) is 6.61 Å². The number of fused-ring (bicyclic) bond motifs is 1. The quantitative estimate of drug-likeness (QED) is 0.409. The van der Waals surface area contributed by atoms with Crippen LogP contribution in [0.2, 0.25) is 5.15 Å². The molecule has 2 atom stereocenters. The van der Waals surface area contributed by atoms with Crippen molar-refractivity contribution in [2.24, 2.45) is 0 Å². The Labute approximate surface area is 167 Å². The predicted octanol–water partition coefficient (Wildman–Crippen LogP) is 2.76. The number of imidazole rings is 1. The second-order valence-electron chi connectivity index (χ2n) is 6.47. The molecule has 0 saturated carbocycles. The van der Waals surface area contributed by atoms with E-state index >= 15 is 0 Å². The number of hydrogen-bond acceptors (Lipinski definition) is 7. The molecular formula is C19H19ClN6O2. The van der Waals surface area contributed by atoms with Crippen LogP contribution in [-0.4, -0.2) is 47.3 Å². The van der Waals surface area contributed by atoms with Crippen LogP contribution in [0, 0.1) is 11.8 Å². The average Bonchev–Trinajstić information content (AvgIpc) is 3.29. The smallest absolute Gasteiger partial charge is 0.208 e. The van der Waals surface area contributed by atoms with Gasteiger partial charge in [-0.3, -0.25) is 4.57 Å². The summed E-state index contributed by atoms with van der Waals surface area (Å²) >= 11 is 6.39. The molecule has 9 heteroatoms. The number of aliphatic hydroxyl groups is 1. The lowest BCUT2D eigenvalue weighted by atomic mass is 10.2. The molecule has 1 aliphatic rings. The fourth-order valence-electron chi connectivity index (χ4n) is 3.07. The van der Waals surface area contributed by atoms with Gasteiger partial charge in [0.2, 0.25) is 5.82 Å². The fourth-order valence-corrected chi connectivity index (χ4v) is 3.28. The molecule has 3 aromatic rings. The van der Waals surface area contributed by atoms with E-state index in [1.165, 1.54) is 6.33 Å².